The van der Waals surface area contributed by atoms with Gasteiger partial charge in [-0.25, -0.2) is 4.98 Å². The number of carbonyl (C=O) groups excluding carboxylic acids is 1. The van der Waals surface area contributed by atoms with Gasteiger partial charge < -0.3 is 15.4 Å². The molecular formula is C19H23N3O2. The molecule has 1 aromatic heterocycles. The lowest BCUT2D eigenvalue weighted by Gasteiger charge is -2.27. The minimum atomic E-state index is 0.106. The Bertz CT molecular complexity index is 658. The normalized spacial score (nSPS) is 20.4. The van der Waals surface area contributed by atoms with Crippen LogP contribution < -0.4 is 15.4 Å². The topological polar surface area (TPSA) is 63.2 Å². The van der Waals surface area contributed by atoms with Gasteiger partial charge in [-0.1, -0.05) is 24.3 Å². The van der Waals surface area contributed by atoms with Crippen LogP contribution in [0.15, 0.2) is 48.7 Å². The molecule has 1 fully saturated rings. The molecule has 2 aromatic rings. The van der Waals surface area contributed by atoms with Crippen molar-refractivity contribution in [3.05, 3.63) is 54.2 Å². The van der Waals surface area contributed by atoms with E-state index in [0.29, 0.717) is 18.5 Å². The molecule has 2 N–H and O–H groups in total. The number of para-hydroxylation sites is 1. The van der Waals surface area contributed by atoms with Crippen molar-refractivity contribution >= 4 is 5.91 Å². The van der Waals surface area contributed by atoms with E-state index < -0.39 is 0 Å². The van der Waals surface area contributed by atoms with E-state index >= 15 is 0 Å². The van der Waals surface area contributed by atoms with E-state index in [2.05, 4.69) is 22.5 Å². The zero-order valence-corrected chi connectivity index (χ0v) is 13.9. The van der Waals surface area contributed by atoms with Gasteiger partial charge in [0, 0.05) is 30.8 Å². The van der Waals surface area contributed by atoms with Crippen molar-refractivity contribution in [3.8, 4) is 11.6 Å². The summed E-state index contributed by atoms with van der Waals surface area (Å²) in [4.78, 5) is 16.5. The molecule has 5 heteroatoms. The minimum Gasteiger partial charge on any atom is -0.439 e. The molecule has 1 amide bonds. The highest BCUT2D eigenvalue weighted by atomic mass is 16.5. The Labute approximate surface area is 142 Å². The number of hydrogen-bond acceptors (Lipinski definition) is 4. The number of benzene rings is 1. The van der Waals surface area contributed by atoms with Gasteiger partial charge in [0.1, 0.15) is 5.75 Å². The molecular weight excluding hydrogens is 302 g/mol. The summed E-state index contributed by atoms with van der Waals surface area (Å²) in [6, 6.07) is 13.7. The zero-order valence-electron chi connectivity index (χ0n) is 13.9. The van der Waals surface area contributed by atoms with Crippen molar-refractivity contribution in [1.82, 2.24) is 15.6 Å². The second-order valence-electron chi connectivity index (χ2n) is 6.21. The average molecular weight is 325 g/mol. The maximum absolute atomic E-state index is 12.2. The maximum Gasteiger partial charge on any atom is 0.223 e. The molecule has 0 aliphatic carbocycles. The Morgan fingerprint density at radius 3 is 2.83 bits per heavy atom. The van der Waals surface area contributed by atoms with Crippen LogP contribution in [0.25, 0.3) is 0 Å². The number of nitrogens with one attached hydrogen (secondary N) is 2. The number of hydrogen-bond donors (Lipinski definition) is 2. The molecule has 1 saturated heterocycles. The van der Waals surface area contributed by atoms with Gasteiger partial charge in [0.15, 0.2) is 0 Å². The fraction of sp³-hybridized carbons (Fsp3) is 0.368. The first-order chi connectivity index (χ1) is 11.7. The fourth-order valence-corrected chi connectivity index (χ4v) is 2.89. The van der Waals surface area contributed by atoms with E-state index in [1.165, 1.54) is 0 Å². The molecule has 3 rings (SSSR count). The standard InChI is InChI=1S/C19H23N3O2/c1-14-11-16(9-10-20-14)19(23)22-13-15-7-8-18(21-12-15)24-17-5-3-2-4-6-17/h2-8,12,14,16,20H,9-11,13H2,1H3,(H,22,23)/t14-,16-/m0/s1. The predicted molar refractivity (Wildman–Crippen MR) is 92.8 cm³/mol. The van der Waals surface area contributed by atoms with E-state index in [0.717, 1.165) is 30.7 Å². The molecule has 1 aliphatic rings. The highest BCUT2D eigenvalue weighted by Crippen LogP contribution is 2.19. The second-order valence-corrected chi connectivity index (χ2v) is 6.21. The Hall–Kier alpha value is -2.40. The van der Waals surface area contributed by atoms with Crippen LogP contribution in [0.5, 0.6) is 11.6 Å². The number of rotatable bonds is 5. The second kappa shape index (κ2) is 7.93. The Morgan fingerprint density at radius 1 is 1.29 bits per heavy atom. The van der Waals surface area contributed by atoms with Crippen LogP contribution in [-0.2, 0) is 11.3 Å². The Kier molecular flexibility index (Phi) is 5.43. The monoisotopic (exact) mass is 325 g/mol. The summed E-state index contributed by atoms with van der Waals surface area (Å²) in [6.45, 7) is 3.52. The molecule has 5 nitrogen and oxygen atoms in total. The van der Waals surface area contributed by atoms with Crippen molar-refractivity contribution in [3.63, 3.8) is 0 Å². The quantitative estimate of drug-likeness (QED) is 0.887. The number of pyridine rings is 1. The number of ether oxygens (including phenoxy) is 1. The van der Waals surface area contributed by atoms with Crippen molar-refractivity contribution < 1.29 is 9.53 Å². The first kappa shape index (κ1) is 16.5. The van der Waals surface area contributed by atoms with E-state index in [9.17, 15) is 4.79 Å². The van der Waals surface area contributed by atoms with Crippen molar-refractivity contribution in [2.45, 2.75) is 32.4 Å². The van der Waals surface area contributed by atoms with E-state index in [1.807, 2.05) is 42.5 Å². The Balaban J connectivity index is 1.50. The molecule has 2 heterocycles. The largest absolute Gasteiger partial charge is 0.439 e. The van der Waals surface area contributed by atoms with Gasteiger partial charge in [-0.3, -0.25) is 4.79 Å². The number of nitrogens with zero attached hydrogens (tertiary/aromatic N) is 1. The lowest BCUT2D eigenvalue weighted by atomic mass is 9.92. The molecule has 24 heavy (non-hydrogen) atoms. The van der Waals surface area contributed by atoms with Crippen LogP contribution in [0.4, 0.5) is 0 Å². The van der Waals surface area contributed by atoms with E-state index in [1.54, 1.807) is 6.20 Å². The number of piperidine rings is 1. The summed E-state index contributed by atoms with van der Waals surface area (Å²) in [5.41, 5.74) is 0.964. The molecule has 1 aliphatic heterocycles. The molecule has 0 unspecified atom stereocenters. The Morgan fingerprint density at radius 2 is 2.12 bits per heavy atom. The fourth-order valence-electron chi connectivity index (χ4n) is 2.89. The maximum atomic E-state index is 12.2. The van der Waals surface area contributed by atoms with Crippen LogP contribution in [0.1, 0.15) is 25.3 Å². The van der Waals surface area contributed by atoms with Crippen molar-refractivity contribution in [2.24, 2.45) is 5.92 Å². The summed E-state index contributed by atoms with van der Waals surface area (Å²) in [6.07, 6.45) is 3.54. The highest BCUT2D eigenvalue weighted by Gasteiger charge is 2.24. The van der Waals surface area contributed by atoms with Gasteiger partial charge in [-0.15, -0.1) is 0 Å². The summed E-state index contributed by atoms with van der Waals surface area (Å²) >= 11 is 0. The van der Waals surface area contributed by atoms with Gasteiger partial charge in [-0.2, -0.15) is 0 Å². The average Bonchev–Trinajstić information content (AvgIpc) is 2.62. The zero-order chi connectivity index (χ0) is 16.8. The number of amides is 1. The van der Waals surface area contributed by atoms with Crippen molar-refractivity contribution in [2.75, 3.05) is 6.54 Å². The van der Waals surface area contributed by atoms with Crippen LogP contribution in [0.3, 0.4) is 0 Å². The third kappa shape index (κ3) is 4.55. The van der Waals surface area contributed by atoms with Crippen LogP contribution >= 0.6 is 0 Å². The molecule has 0 bridgehead atoms. The minimum absolute atomic E-state index is 0.106. The van der Waals surface area contributed by atoms with Crippen LogP contribution in [-0.4, -0.2) is 23.5 Å². The molecule has 0 saturated carbocycles. The van der Waals surface area contributed by atoms with Crippen LogP contribution in [0, 0.1) is 5.92 Å². The van der Waals surface area contributed by atoms with E-state index in [-0.39, 0.29) is 11.8 Å². The third-order valence-electron chi connectivity index (χ3n) is 4.22. The number of aromatic nitrogens is 1. The highest BCUT2D eigenvalue weighted by molar-refractivity contribution is 5.78. The lowest BCUT2D eigenvalue weighted by molar-refractivity contribution is -0.126. The van der Waals surface area contributed by atoms with Crippen LogP contribution in [0.2, 0.25) is 0 Å². The summed E-state index contributed by atoms with van der Waals surface area (Å²) in [7, 11) is 0. The SMILES string of the molecule is C[C@H]1C[C@@H](C(=O)NCc2ccc(Oc3ccccc3)nc2)CCN1. The molecule has 0 radical (unpaired) electrons. The van der Waals surface area contributed by atoms with E-state index in [4.69, 9.17) is 4.74 Å². The summed E-state index contributed by atoms with van der Waals surface area (Å²) < 4.78 is 5.66. The first-order valence-electron chi connectivity index (χ1n) is 8.39. The summed E-state index contributed by atoms with van der Waals surface area (Å²) in [5, 5.41) is 6.37. The molecule has 1 aromatic carbocycles. The van der Waals surface area contributed by atoms with Gasteiger partial charge >= 0.3 is 0 Å². The lowest BCUT2D eigenvalue weighted by Crippen LogP contribution is -2.42. The summed E-state index contributed by atoms with van der Waals surface area (Å²) in [5.74, 6) is 1.54. The third-order valence-corrected chi connectivity index (χ3v) is 4.22. The van der Waals surface area contributed by atoms with Gasteiger partial charge in [-0.05, 0) is 44.0 Å². The van der Waals surface area contributed by atoms with Gasteiger partial charge in [0.2, 0.25) is 11.8 Å². The van der Waals surface area contributed by atoms with Crippen molar-refractivity contribution in [1.29, 1.82) is 0 Å². The number of carbonyl (C=O) groups is 1. The molecule has 2 atom stereocenters. The first-order valence-corrected chi connectivity index (χ1v) is 8.39. The predicted octanol–water partition coefficient (Wildman–Crippen LogP) is 2.88. The smallest absolute Gasteiger partial charge is 0.223 e. The molecule has 126 valence electrons. The molecule has 0 spiro atoms. The van der Waals surface area contributed by atoms with Gasteiger partial charge in [0.05, 0.1) is 0 Å². The van der Waals surface area contributed by atoms with Gasteiger partial charge in [0.25, 0.3) is 0 Å².